The van der Waals surface area contributed by atoms with Crippen LogP contribution in [0.5, 0.6) is 6.01 Å². The summed E-state index contributed by atoms with van der Waals surface area (Å²) in [6.07, 6.45) is -6.09. The van der Waals surface area contributed by atoms with Gasteiger partial charge in [-0.15, -0.1) is 0 Å². The number of aryl methyl sites for hydroxylation is 1. The summed E-state index contributed by atoms with van der Waals surface area (Å²) < 4.78 is 71.6. The molecule has 3 aromatic rings. The van der Waals surface area contributed by atoms with Crippen LogP contribution in [-0.4, -0.2) is 45.6 Å². The summed E-state index contributed by atoms with van der Waals surface area (Å²) in [5.74, 6) is 0.103. The van der Waals surface area contributed by atoms with Crippen LogP contribution in [0.25, 0.3) is 0 Å². The number of hydrogen-bond acceptors (Lipinski definition) is 6. The Morgan fingerprint density at radius 1 is 1.14 bits per heavy atom. The summed E-state index contributed by atoms with van der Waals surface area (Å²) in [5, 5.41) is 6.99. The van der Waals surface area contributed by atoms with Crippen LogP contribution < -0.4 is 4.74 Å². The maximum atomic E-state index is 13.7. The molecule has 1 aromatic heterocycles. The van der Waals surface area contributed by atoms with E-state index in [1.165, 1.54) is 12.1 Å². The number of H-pyrrole nitrogens is 1. The predicted molar refractivity (Wildman–Crippen MR) is 127 cm³/mol. The van der Waals surface area contributed by atoms with E-state index in [9.17, 15) is 17.6 Å². The van der Waals surface area contributed by atoms with Gasteiger partial charge in [0.25, 0.3) is 0 Å². The lowest BCUT2D eigenvalue weighted by atomic mass is 10.0. The molecule has 2 aromatic carbocycles. The van der Waals surface area contributed by atoms with Crippen LogP contribution in [0.15, 0.2) is 42.5 Å². The molecule has 1 saturated heterocycles. The SMILES string of the molecule is Cc1cc(C(C)OC2OCCN(Cc3n[nH]c(OC(C)C)n3)C2c2ccc(F)cc2)cc(C(F)(F)F)c1. The van der Waals surface area contributed by atoms with Crippen LogP contribution in [0.3, 0.4) is 0 Å². The number of nitrogens with zero attached hydrogens (tertiary/aromatic N) is 3. The first kappa shape index (κ1) is 27.0. The largest absolute Gasteiger partial charge is 0.461 e. The smallest absolute Gasteiger partial charge is 0.416 e. The number of nitrogens with one attached hydrogen (secondary N) is 1. The van der Waals surface area contributed by atoms with E-state index >= 15 is 0 Å². The van der Waals surface area contributed by atoms with Crippen molar-refractivity contribution < 1.29 is 31.8 Å². The van der Waals surface area contributed by atoms with E-state index in [1.807, 2.05) is 18.7 Å². The second-order valence-corrected chi connectivity index (χ2v) is 9.34. The van der Waals surface area contributed by atoms with Crippen LogP contribution in [0.2, 0.25) is 0 Å². The highest BCUT2D eigenvalue weighted by molar-refractivity contribution is 5.32. The number of benzene rings is 2. The van der Waals surface area contributed by atoms with Gasteiger partial charge in [0.1, 0.15) is 5.82 Å². The van der Waals surface area contributed by atoms with Gasteiger partial charge in [0.2, 0.25) is 0 Å². The van der Waals surface area contributed by atoms with Gasteiger partial charge < -0.3 is 14.2 Å². The van der Waals surface area contributed by atoms with Gasteiger partial charge in [-0.3, -0.25) is 4.90 Å². The summed E-state index contributed by atoms with van der Waals surface area (Å²) in [7, 11) is 0. The lowest BCUT2D eigenvalue weighted by molar-refractivity contribution is -0.231. The Kier molecular flexibility index (Phi) is 8.15. The third-order valence-corrected chi connectivity index (χ3v) is 5.96. The van der Waals surface area contributed by atoms with Crippen molar-refractivity contribution in [2.45, 2.75) is 65.0 Å². The molecular weight excluding hydrogens is 492 g/mol. The number of halogens is 4. The average Bonchev–Trinajstić information content (AvgIpc) is 3.25. The fourth-order valence-corrected chi connectivity index (χ4v) is 4.31. The standard InChI is InChI=1S/C26H30F4N4O3/c1-15(2)36-25-31-22(32-33-25)14-34-9-10-35-24(23(34)18-5-7-21(27)8-6-18)37-17(4)19-11-16(3)12-20(13-19)26(28,29)30/h5-8,11-13,15,17,23-24H,9-10,14H2,1-4H3,(H,31,32,33). The molecule has 1 aliphatic rings. The van der Waals surface area contributed by atoms with Crippen molar-refractivity contribution >= 4 is 0 Å². The van der Waals surface area contributed by atoms with Crippen LogP contribution in [0.1, 0.15) is 61.0 Å². The first-order valence-corrected chi connectivity index (χ1v) is 12.0. The third-order valence-electron chi connectivity index (χ3n) is 5.96. The van der Waals surface area contributed by atoms with Crippen molar-refractivity contribution in [2.24, 2.45) is 0 Å². The van der Waals surface area contributed by atoms with Crippen molar-refractivity contribution in [3.8, 4) is 6.01 Å². The van der Waals surface area contributed by atoms with Gasteiger partial charge in [-0.1, -0.05) is 23.8 Å². The van der Waals surface area contributed by atoms with E-state index in [1.54, 1.807) is 32.0 Å². The lowest BCUT2D eigenvalue weighted by Gasteiger charge is -2.41. The highest BCUT2D eigenvalue weighted by Gasteiger charge is 2.37. The van der Waals surface area contributed by atoms with E-state index in [0.717, 1.165) is 17.7 Å². The molecule has 37 heavy (non-hydrogen) atoms. The molecule has 0 bridgehead atoms. The summed E-state index contributed by atoms with van der Waals surface area (Å²) in [5.41, 5.74) is 0.858. The molecular formula is C26H30F4N4O3. The Hall–Kier alpha value is -3.02. The predicted octanol–water partition coefficient (Wildman–Crippen LogP) is 5.74. The molecule has 0 radical (unpaired) electrons. The maximum absolute atomic E-state index is 13.7. The molecule has 11 heteroatoms. The molecule has 0 amide bonds. The van der Waals surface area contributed by atoms with Gasteiger partial charge in [0.05, 0.1) is 37.0 Å². The van der Waals surface area contributed by atoms with Gasteiger partial charge in [-0.2, -0.15) is 23.3 Å². The highest BCUT2D eigenvalue weighted by Crippen LogP contribution is 2.36. The quantitative estimate of drug-likeness (QED) is 0.381. The van der Waals surface area contributed by atoms with Crippen LogP contribution >= 0.6 is 0 Å². The minimum absolute atomic E-state index is 0.0742. The number of alkyl halides is 3. The normalized spacial score (nSPS) is 19.8. The van der Waals surface area contributed by atoms with E-state index in [-0.39, 0.29) is 11.9 Å². The Balaban J connectivity index is 1.60. The van der Waals surface area contributed by atoms with Crippen LogP contribution in [0, 0.1) is 12.7 Å². The molecule has 7 nitrogen and oxygen atoms in total. The second kappa shape index (κ2) is 11.2. The van der Waals surface area contributed by atoms with Crippen molar-refractivity contribution in [2.75, 3.05) is 13.2 Å². The number of ether oxygens (including phenoxy) is 3. The molecule has 1 aliphatic heterocycles. The fraction of sp³-hybridized carbons (Fsp3) is 0.462. The topological polar surface area (TPSA) is 72.5 Å². The molecule has 1 N–H and O–H groups in total. The van der Waals surface area contributed by atoms with E-state index in [4.69, 9.17) is 14.2 Å². The fourth-order valence-electron chi connectivity index (χ4n) is 4.31. The molecule has 4 rings (SSSR count). The van der Waals surface area contributed by atoms with Gasteiger partial charge in [0, 0.05) is 6.54 Å². The Morgan fingerprint density at radius 3 is 2.54 bits per heavy atom. The first-order chi connectivity index (χ1) is 17.5. The number of hydrogen-bond donors (Lipinski definition) is 1. The van der Waals surface area contributed by atoms with E-state index in [2.05, 4.69) is 15.2 Å². The first-order valence-electron chi connectivity index (χ1n) is 12.0. The monoisotopic (exact) mass is 522 g/mol. The minimum Gasteiger partial charge on any atom is -0.461 e. The molecule has 0 spiro atoms. The maximum Gasteiger partial charge on any atom is 0.416 e. The van der Waals surface area contributed by atoms with Crippen LogP contribution in [0.4, 0.5) is 17.6 Å². The second-order valence-electron chi connectivity index (χ2n) is 9.34. The molecule has 1 fully saturated rings. The van der Waals surface area contributed by atoms with Crippen molar-refractivity contribution in [1.82, 2.24) is 20.1 Å². The average molecular weight is 523 g/mol. The summed E-state index contributed by atoms with van der Waals surface area (Å²) in [6, 6.07) is 9.65. The zero-order chi connectivity index (χ0) is 26.7. The van der Waals surface area contributed by atoms with Gasteiger partial charge in [0.15, 0.2) is 12.1 Å². The highest BCUT2D eigenvalue weighted by atomic mass is 19.4. The van der Waals surface area contributed by atoms with E-state index < -0.39 is 30.2 Å². The lowest BCUT2D eigenvalue weighted by Crippen LogP contribution is -2.46. The Bertz CT molecular complexity index is 1180. The van der Waals surface area contributed by atoms with Crippen molar-refractivity contribution in [3.63, 3.8) is 0 Å². The Labute approximate surface area is 212 Å². The molecule has 3 unspecified atom stereocenters. The van der Waals surface area contributed by atoms with E-state index in [0.29, 0.717) is 42.7 Å². The molecule has 200 valence electrons. The number of aromatic nitrogens is 3. The van der Waals surface area contributed by atoms with Gasteiger partial charge in [-0.05, 0) is 63.1 Å². The van der Waals surface area contributed by atoms with Gasteiger partial charge in [-0.25, -0.2) is 9.49 Å². The molecule has 2 heterocycles. The number of rotatable bonds is 8. The Morgan fingerprint density at radius 2 is 1.86 bits per heavy atom. The minimum atomic E-state index is -4.47. The summed E-state index contributed by atoms with van der Waals surface area (Å²) in [6.45, 7) is 8.20. The third kappa shape index (κ3) is 6.85. The zero-order valence-corrected chi connectivity index (χ0v) is 21.1. The van der Waals surface area contributed by atoms with Crippen molar-refractivity contribution in [1.29, 1.82) is 0 Å². The molecule has 0 aliphatic carbocycles. The van der Waals surface area contributed by atoms with Crippen LogP contribution in [-0.2, 0) is 22.2 Å². The number of morpholine rings is 1. The zero-order valence-electron chi connectivity index (χ0n) is 21.1. The van der Waals surface area contributed by atoms with Gasteiger partial charge >= 0.3 is 12.2 Å². The number of aromatic amines is 1. The summed E-state index contributed by atoms with van der Waals surface area (Å²) in [4.78, 5) is 6.42. The summed E-state index contributed by atoms with van der Waals surface area (Å²) >= 11 is 0. The molecule has 0 saturated carbocycles. The molecule has 3 atom stereocenters. The van der Waals surface area contributed by atoms with Crippen molar-refractivity contribution in [3.05, 3.63) is 76.4 Å².